The predicted molar refractivity (Wildman–Crippen MR) is 167 cm³/mol. The fourth-order valence-corrected chi connectivity index (χ4v) is 6.59. The van der Waals surface area contributed by atoms with E-state index < -0.39 is 17.7 Å². The molecule has 3 heterocycles. The van der Waals surface area contributed by atoms with Gasteiger partial charge in [0.05, 0.1) is 11.6 Å². The van der Waals surface area contributed by atoms with E-state index in [0.717, 1.165) is 16.7 Å². The Morgan fingerprint density at radius 1 is 0.930 bits per heavy atom. The zero-order valence-electron chi connectivity index (χ0n) is 23.1. The molecule has 2 aromatic heterocycles. The molecule has 1 fully saturated rings. The SMILES string of the molecule is Cc1ccccc1COc1ccc(C(O)=C2C(=O)C(=O)N(c3nnc(SCc4ccccc4)s3)C2c2ccncc2)cc1. The molecule has 1 aliphatic heterocycles. The minimum Gasteiger partial charge on any atom is -0.507 e. The molecule has 1 aliphatic rings. The number of hydrogen-bond acceptors (Lipinski definition) is 9. The fourth-order valence-electron chi connectivity index (χ4n) is 4.77. The van der Waals surface area contributed by atoms with Crippen molar-refractivity contribution in [3.63, 3.8) is 0 Å². The second-order valence-corrected chi connectivity index (χ2v) is 12.0. The third-order valence-corrected chi connectivity index (χ3v) is 9.18. The Balaban J connectivity index is 1.29. The largest absolute Gasteiger partial charge is 0.507 e. The number of aromatic nitrogens is 3. The summed E-state index contributed by atoms with van der Waals surface area (Å²) in [5, 5.41) is 20.3. The van der Waals surface area contributed by atoms with E-state index in [-0.39, 0.29) is 16.5 Å². The summed E-state index contributed by atoms with van der Waals surface area (Å²) < 4.78 is 6.60. The van der Waals surface area contributed by atoms with E-state index in [0.29, 0.717) is 33.6 Å². The number of amides is 1. The van der Waals surface area contributed by atoms with Gasteiger partial charge in [0, 0.05) is 23.7 Å². The summed E-state index contributed by atoms with van der Waals surface area (Å²) in [5.74, 6) is -0.561. The Bertz CT molecular complexity index is 1790. The van der Waals surface area contributed by atoms with Crippen molar-refractivity contribution in [1.29, 1.82) is 0 Å². The highest BCUT2D eigenvalue weighted by Crippen LogP contribution is 2.44. The van der Waals surface area contributed by atoms with Gasteiger partial charge in [0.1, 0.15) is 18.1 Å². The Morgan fingerprint density at radius 3 is 2.40 bits per heavy atom. The molecule has 43 heavy (non-hydrogen) atoms. The van der Waals surface area contributed by atoms with Gasteiger partial charge in [0.2, 0.25) is 5.13 Å². The van der Waals surface area contributed by atoms with Crippen molar-refractivity contribution in [3.05, 3.63) is 137 Å². The van der Waals surface area contributed by atoms with Gasteiger partial charge in [-0.15, -0.1) is 10.2 Å². The van der Waals surface area contributed by atoms with E-state index in [2.05, 4.69) is 15.2 Å². The van der Waals surface area contributed by atoms with Crippen molar-refractivity contribution in [1.82, 2.24) is 15.2 Å². The van der Waals surface area contributed by atoms with Crippen LogP contribution in [-0.4, -0.2) is 32.0 Å². The maximum Gasteiger partial charge on any atom is 0.301 e. The lowest BCUT2D eigenvalue weighted by atomic mass is 9.96. The van der Waals surface area contributed by atoms with Crippen molar-refractivity contribution < 1.29 is 19.4 Å². The van der Waals surface area contributed by atoms with E-state index in [1.807, 2.05) is 61.5 Å². The molecule has 0 bridgehead atoms. The van der Waals surface area contributed by atoms with Crippen molar-refractivity contribution in [2.45, 2.75) is 29.7 Å². The summed E-state index contributed by atoms with van der Waals surface area (Å²) in [6, 6.07) is 27.3. The van der Waals surface area contributed by atoms with Gasteiger partial charge in [0.15, 0.2) is 4.34 Å². The van der Waals surface area contributed by atoms with Crippen LogP contribution in [-0.2, 0) is 21.9 Å². The number of aliphatic hydroxyl groups excluding tert-OH is 1. The number of ketones is 1. The van der Waals surface area contributed by atoms with Gasteiger partial charge < -0.3 is 9.84 Å². The molecule has 10 heteroatoms. The van der Waals surface area contributed by atoms with E-state index in [4.69, 9.17) is 4.74 Å². The van der Waals surface area contributed by atoms with Gasteiger partial charge in [-0.3, -0.25) is 19.5 Å². The van der Waals surface area contributed by atoms with Crippen LogP contribution in [0.5, 0.6) is 5.75 Å². The number of rotatable bonds is 9. The lowest BCUT2D eigenvalue weighted by Crippen LogP contribution is -2.29. The lowest BCUT2D eigenvalue weighted by Gasteiger charge is -2.22. The molecule has 5 aromatic rings. The predicted octanol–water partition coefficient (Wildman–Crippen LogP) is 6.74. The zero-order valence-corrected chi connectivity index (χ0v) is 24.7. The van der Waals surface area contributed by atoms with Crippen LogP contribution in [0.1, 0.15) is 33.9 Å². The number of aryl methyl sites for hydroxylation is 1. The van der Waals surface area contributed by atoms with Crippen LogP contribution < -0.4 is 9.64 Å². The highest BCUT2D eigenvalue weighted by Gasteiger charge is 2.48. The highest BCUT2D eigenvalue weighted by atomic mass is 32.2. The Labute approximate surface area is 256 Å². The maximum atomic E-state index is 13.5. The number of hydrogen-bond donors (Lipinski definition) is 1. The number of Topliss-reactive ketones (excluding diaryl/α,β-unsaturated/α-hetero) is 1. The molecular formula is C33H26N4O4S2. The van der Waals surface area contributed by atoms with Crippen LogP contribution in [0.25, 0.3) is 5.76 Å². The van der Waals surface area contributed by atoms with Crippen LogP contribution >= 0.6 is 23.1 Å². The number of benzene rings is 3. The van der Waals surface area contributed by atoms with Crippen LogP contribution in [0.2, 0.25) is 0 Å². The summed E-state index contributed by atoms with van der Waals surface area (Å²) in [7, 11) is 0. The van der Waals surface area contributed by atoms with Gasteiger partial charge >= 0.3 is 5.91 Å². The van der Waals surface area contributed by atoms with Crippen molar-refractivity contribution in [2.24, 2.45) is 0 Å². The average Bonchev–Trinajstić information content (AvgIpc) is 3.62. The minimum absolute atomic E-state index is 0.0292. The van der Waals surface area contributed by atoms with E-state index >= 15 is 0 Å². The molecule has 6 rings (SSSR count). The monoisotopic (exact) mass is 606 g/mol. The Kier molecular flexibility index (Phi) is 8.30. The second-order valence-electron chi connectivity index (χ2n) is 9.81. The standard InChI is InChI=1S/C33H26N4O4S2/c1-21-7-5-6-10-25(21)19-41-26-13-11-24(12-14-26)29(38)27-28(23-15-17-34-18-16-23)37(31(40)30(27)39)32-35-36-33(43-32)42-20-22-8-3-2-4-9-22/h2-18,28,38H,19-20H2,1H3. The molecular weight excluding hydrogens is 581 g/mol. The van der Waals surface area contributed by atoms with Crippen molar-refractivity contribution >= 4 is 45.7 Å². The van der Waals surface area contributed by atoms with E-state index in [1.54, 1.807) is 48.8 Å². The summed E-state index contributed by atoms with van der Waals surface area (Å²) >= 11 is 2.73. The molecule has 0 saturated carbocycles. The third-order valence-electron chi connectivity index (χ3n) is 7.06. The molecule has 8 nitrogen and oxygen atoms in total. The number of aliphatic hydroxyl groups is 1. The van der Waals surface area contributed by atoms with E-state index in [9.17, 15) is 14.7 Å². The van der Waals surface area contributed by atoms with E-state index in [1.165, 1.54) is 28.0 Å². The quantitative estimate of drug-likeness (QED) is 0.0647. The van der Waals surface area contributed by atoms with Gasteiger partial charge in [-0.05, 0) is 65.6 Å². The summed E-state index contributed by atoms with van der Waals surface area (Å²) in [5.41, 5.74) is 4.31. The minimum atomic E-state index is -0.903. The average molecular weight is 607 g/mol. The topological polar surface area (TPSA) is 106 Å². The number of anilines is 1. The number of ether oxygens (including phenoxy) is 1. The van der Waals surface area contributed by atoms with Gasteiger partial charge in [-0.2, -0.15) is 0 Å². The molecule has 0 aliphatic carbocycles. The smallest absolute Gasteiger partial charge is 0.301 e. The van der Waals surface area contributed by atoms with Gasteiger partial charge in [-0.1, -0.05) is 77.7 Å². The van der Waals surface area contributed by atoms with Crippen LogP contribution in [0.3, 0.4) is 0 Å². The van der Waals surface area contributed by atoms with Crippen molar-refractivity contribution in [3.8, 4) is 5.75 Å². The normalized spacial score (nSPS) is 16.0. The molecule has 3 aromatic carbocycles. The number of pyridine rings is 1. The molecule has 1 unspecified atom stereocenters. The van der Waals surface area contributed by atoms with Crippen molar-refractivity contribution in [2.75, 3.05) is 4.90 Å². The first kappa shape index (κ1) is 28.3. The summed E-state index contributed by atoms with van der Waals surface area (Å²) in [6.45, 7) is 2.43. The molecule has 0 spiro atoms. The first-order valence-corrected chi connectivity index (χ1v) is 15.3. The van der Waals surface area contributed by atoms with Gasteiger partial charge in [0.25, 0.3) is 5.78 Å². The summed E-state index contributed by atoms with van der Waals surface area (Å²) in [4.78, 5) is 32.3. The number of carbonyl (C=O) groups is 2. The molecule has 1 saturated heterocycles. The maximum absolute atomic E-state index is 13.5. The fraction of sp³-hybridized carbons (Fsp3) is 0.121. The molecule has 1 N–H and O–H groups in total. The van der Waals surface area contributed by atoms with Gasteiger partial charge in [-0.25, -0.2) is 0 Å². The van der Waals surface area contributed by atoms with Crippen LogP contribution in [0, 0.1) is 6.92 Å². The Morgan fingerprint density at radius 2 is 1.65 bits per heavy atom. The highest BCUT2D eigenvalue weighted by molar-refractivity contribution is 8.00. The first-order valence-electron chi connectivity index (χ1n) is 13.5. The van der Waals surface area contributed by atoms with Crippen LogP contribution in [0.4, 0.5) is 5.13 Å². The third kappa shape index (κ3) is 6.06. The molecule has 0 radical (unpaired) electrons. The second kappa shape index (κ2) is 12.6. The summed E-state index contributed by atoms with van der Waals surface area (Å²) in [6.07, 6.45) is 3.16. The Hall–Kier alpha value is -4.80. The number of carbonyl (C=O) groups excluding carboxylic acids is 2. The first-order chi connectivity index (χ1) is 21.0. The molecule has 1 atom stereocenters. The molecule has 1 amide bonds. The van der Waals surface area contributed by atoms with Crippen LogP contribution in [0.15, 0.2) is 113 Å². The number of nitrogens with zero attached hydrogens (tertiary/aromatic N) is 4. The lowest BCUT2D eigenvalue weighted by molar-refractivity contribution is -0.132. The number of thioether (sulfide) groups is 1. The zero-order chi connectivity index (χ0) is 29.8. The molecule has 214 valence electrons.